The zero-order valence-electron chi connectivity index (χ0n) is 13.2. The summed E-state index contributed by atoms with van der Waals surface area (Å²) in [4.78, 5) is 4.51. The predicted molar refractivity (Wildman–Crippen MR) is 92.1 cm³/mol. The molecule has 0 amide bonds. The van der Waals surface area contributed by atoms with Gasteiger partial charge in [-0.1, -0.05) is 35.2 Å². The van der Waals surface area contributed by atoms with E-state index in [1.165, 1.54) is 0 Å². The molecule has 1 aliphatic rings. The first kappa shape index (κ1) is 14.7. The maximum absolute atomic E-state index is 5.40. The molecule has 0 saturated carbocycles. The largest absolute Gasteiger partial charge is 0.334 e. The van der Waals surface area contributed by atoms with Crippen LogP contribution in [0.25, 0.3) is 11.5 Å². The molecule has 118 valence electrons. The number of nitrogens with one attached hydrogen (secondary N) is 1. The lowest BCUT2D eigenvalue weighted by atomic mass is 10.1. The Balaban J connectivity index is 1.51. The summed E-state index contributed by atoms with van der Waals surface area (Å²) in [7, 11) is 0. The summed E-state index contributed by atoms with van der Waals surface area (Å²) in [5.41, 5.74) is 2.88. The zero-order valence-corrected chi connectivity index (χ0v) is 13.2. The van der Waals surface area contributed by atoms with E-state index in [0.29, 0.717) is 5.89 Å². The van der Waals surface area contributed by atoms with E-state index in [1.54, 1.807) is 0 Å². The zero-order chi connectivity index (χ0) is 16.2. The molecule has 0 spiro atoms. The third kappa shape index (κ3) is 3.22. The van der Waals surface area contributed by atoms with Gasteiger partial charge in [-0.05, 0) is 55.8 Å². The average Bonchev–Trinajstić information content (AvgIpc) is 3.33. The normalized spacial score (nSPS) is 16.6. The smallest absolute Gasteiger partial charge is 0.257 e. The summed E-state index contributed by atoms with van der Waals surface area (Å²) >= 11 is 0. The summed E-state index contributed by atoms with van der Waals surface area (Å²) in [5, 5.41) is 7.47. The molecule has 1 fully saturated rings. The minimum atomic E-state index is 0.221. The highest BCUT2D eigenvalue weighted by Crippen LogP contribution is 2.24. The standard InChI is InChI=1S/C20H17N3O/c1-2-5-15(6-3-1)8-9-16-10-12-17(13-11-16)20-22-19(23-24-20)18-7-4-14-21-18/h1-3,5-6,10-13,18,21H,4,7,14H2. The molecule has 0 aliphatic carbocycles. The molecule has 0 radical (unpaired) electrons. The Kier molecular flexibility index (Phi) is 4.09. The van der Waals surface area contributed by atoms with E-state index in [2.05, 4.69) is 27.3 Å². The topological polar surface area (TPSA) is 51.0 Å². The van der Waals surface area contributed by atoms with Crippen molar-refractivity contribution in [3.63, 3.8) is 0 Å². The van der Waals surface area contributed by atoms with Crippen molar-refractivity contribution in [3.8, 4) is 23.3 Å². The van der Waals surface area contributed by atoms with Crippen LogP contribution in [-0.2, 0) is 0 Å². The number of rotatable bonds is 2. The molecule has 4 nitrogen and oxygen atoms in total. The lowest BCUT2D eigenvalue weighted by Crippen LogP contribution is -2.14. The second-order valence-electron chi connectivity index (χ2n) is 5.80. The van der Waals surface area contributed by atoms with Crippen LogP contribution in [0.5, 0.6) is 0 Å². The van der Waals surface area contributed by atoms with Gasteiger partial charge in [-0.2, -0.15) is 4.98 Å². The van der Waals surface area contributed by atoms with Gasteiger partial charge in [0.25, 0.3) is 5.89 Å². The summed E-state index contributed by atoms with van der Waals surface area (Å²) in [5.74, 6) is 7.62. The van der Waals surface area contributed by atoms with Crippen LogP contribution in [0.3, 0.4) is 0 Å². The molecule has 3 aromatic rings. The van der Waals surface area contributed by atoms with Crippen molar-refractivity contribution in [2.75, 3.05) is 6.54 Å². The molecule has 2 heterocycles. The molecular formula is C20H17N3O. The molecule has 2 aromatic carbocycles. The van der Waals surface area contributed by atoms with Crippen molar-refractivity contribution in [2.45, 2.75) is 18.9 Å². The highest BCUT2D eigenvalue weighted by atomic mass is 16.5. The Hall–Kier alpha value is -2.90. The molecule has 1 saturated heterocycles. The fraction of sp³-hybridized carbons (Fsp3) is 0.200. The summed E-state index contributed by atoms with van der Waals surface area (Å²) in [6.45, 7) is 1.02. The van der Waals surface area contributed by atoms with Crippen molar-refractivity contribution in [3.05, 3.63) is 71.5 Å². The Morgan fingerprint density at radius 1 is 0.958 bits per heavy atom. The molecule has 1 unspecified atom stereocenters. The molecule has 1 aliphatic heterocycles. The minimum Gasteiger partial charge on any atom is -0.334 e. The van der Waals surface area contributed by atoms with Gasteiger partial charge >= 0.3 is 0 Å². The molecular weight excluding hydrogens is 298 g/mol. The lowest BCUT2D eigenvalue weighted by molar-refractivity contribution is 0.412. The minimum absolute atomic E-state index is 0.221. The van der Waals surface area contributed by atoms with Crippen molar-refractivity contribution in [1.29, 1.82) is 0 Å². The van der Waals surface area contributed by atoms with E-state index in [1.807, 2.05) is 54.6 Å². The van der Waals surface area contributed by atoms with Crippen LogP contribution in [0.15, 0.2) is 59.1 Å². The Morgan fingerprint density at radius 3 is 2.42 bits per heavy atom. The maximum Gasteiger partial charge on any atom is 0.257 e. The first-order valence-corrected chi connectivity index (χ1v) is 8.13. The molecule has 1 N–H and O–H groups in total. The van der Waals surface area contributed by atoms with E-state index >= 15 is 0 Å². The number of benzene rings is 2. The van der Waals surface area contributed by atoms with Crippen molar-refractivity contribution in [2.24, 2.45) is 0 Å². The first-order valence-electron chi connectivity index (χ1n) is 8.13. The maximum atomic E-state index is 5.40. The number of hydrogen-bond donors (Lipinski definition) is 1. The van der Waals surface area contributed by atoms with Crippen LogP contribution in [0, 0.1) is 11.8 Å². The van der Waals surface area contributed by atoms with Crippen LogP contribution >= 0.6 is 0 Å². The lowest BCUT2D eigenvalue weighted by Gasteiger charge is -2.01. The second kappa shape index (κ2) is 6.69. The van der Waals surface area contributed by atoms with E-state index in [9.17, 15) is 0 Å². The highest BCUT2D eigenvalue weighted by molar-refractivity contribution is 5.55. The van der Waals surface area contributed by atoms with Crippen LogP contribution in [-0.4, -0.2) is 16.7 Å². The van der Waals surface area contributed by atoms with Crippen LogP contribution in [0.2, 0.25) is 0 Å². The van der Waals surface area contributed by atoms with Gasteiger partial charge in [0.1, 0.15) is 0 Å². The molecule has 4 rings (SSSR count). The van der Waals surface area contributed by atoms with Crippen molar-refractivity contribution >= 4 is 0 Å². The third-order valence-corrected chi connectivity index (χ3v) is 4.07. The second-order valence-corrected chi connectivity index (χ2v) is 5.80. The summed E-state index contributed by atoms with van der Waals surface area (Å²) in [6.07, 6.45) is 2.22. The van der Waals surface area contributed by atoms with Gasteiger partial charge in [0, 0.05) is 16.7 Å². The first-order chi connectivity index (χ1) is 11.9. The third-order valence-electron chi connectivity index (χ3n) is 4.07. The molecule has 24 heavy (non-hydrogen) atoms. The van der Waals surface area contributed by atoms with Gasteiger partial charge < -0.3 is 9.84 Å². The SMILES string of the molecule is C(#Cc1ccc(-c2nc(C3CCCN3)no2)cc1)c1ccccc1. The van der Waals surface area contributed by atoms with Gasteiger partial charge in [-0.15, -0.1) is 0 Å². The molecule has 1 atom stereocenters. The Labute approximate surface area is 140 Å². The summed E-state index contributed by atoms with van der Waals surface area (Å²) in [6, 6.07) is 18.1. The van der Waals surface area contributed by atoms with Crippen LogP contribution < -0.4 is 5.32 Å². The van der Waals surface area contributed by atoms with Crippen LogP contribution in [0.1, 0.15) is 35.8 Å². The fourth-order valence-corrected chi connectivity index (χ4v) is 2.76. The number of nitrogens with zero attached hydrogens (tertiary/aromatic N) is 2. The van der Waals surface area contributed by atoms with Gasteiger partial charge in [0.2, 0.25) is 0 Å². The van der Waals surface area contributed by atoms with Gasteiger partial charge in [0.15, 0.2) is 5.82 Å². The van der Waals surface area contributed by atoms with Gasteiger partial charge in [-0.3, -0.25) is 0 Å². The summed E-state index contributed by atoms with van der Waals surface area (Å²) < 4.78 is 5.40. The van der Waals surface area contributed by atoms with E-state index in [-0.39, 0.29) is 6.04 Å². The Morgan fingerprint density at radius 2 is 1.71 bits per heavy atom. The van der Waals surface area contributed by atoms with Crippen molar-refractivity contribution in [1.82, 2.24) is 15.5 Å². The average molecular weight is 315 g/mol. The molecule has 4 heteroatoms. The van der Waals surface area contributed by atoms with E-state index in [4.69, 9.17) is 4.52 Å². The number of aromatic nitrogens is 2. The van der Waals surface area contributed by atoms with E-state index in [0.717, 1.165) is 41.9 Å². The van der Waals surface area contributed by atoms with Gasteiger partial charge in [0.05, 0.1) is 6.04 Å². The quantitative estimate of drug-likeness (QED) is 0.735. The highest BCUT2D eigenvalue weighted by Gasteiger charge is 2.21. The van der Waals surface area contributed by atoms with E-state index < -0.39 is 0 Å². The van der Waals surface area contributed by atoms with Crippen molar-refractivity contribution < 1.29 is 4.52 Å². The molecule has 0 bridgehead atoms. The number of hydrogen-bond acceptors (Lipinski definition) is 4. The van der Waals surface area contributed by atoms with Gasteiger partial charge in [-0.25, -0.2) is 0 Å². The molecule has 1 aromatic heterocycles. The fourth-order valence-electron chi connectivity index (χ4n) is 2.76. The predicted octanol–water partition coefficient (Wildman–Crippen LogP) is 3.56. The van der Waals surface area contributed by atoms with Crippen LogP contribution in [0.4, 0.5) is 0 Å². The Bertz CT molecular complexity index is 866. The monoisotopic (exact) mass is 315 g/mol.